The Kier molecular flexibility index (Phi) is 4.76. The van der Waals surface area contributed by atoms with Crippen molar-refractivity contribution in [3.05, 3.63) is 194 Å². The van der Waals surface area contributed by atoms with Gasteiger partial charge in [-0.05, 0) is 94.0 Å². The summed E-state index contributed by atoms with van der Waals surface area (Å²) in [5.41, 5.74) is 8.14. The van der Waals surface area contributed by atoms with E-state index in [1.807, 2.05) is 54.6 Å². The van der Waals surface area contributed by atoms with Crippen LogP contribution in [0.2, 0.25) is 0 Å². The molecule has 0 radical (unpaired) electrons. The highest BCUT2D eigenvalue weighted by Crippen LogP contribution is 2.39. The maximum atomic E-state index is 9.43. The highest BCUT2D eigenvalue weighted by Gasteiger charge is 2.16. The van der Waals surface area contributed by atoms with E-state index in [1.54, 1.807) is 4.57 Å². The SMILES string of the molecule is [2H]c1c([2H])c([2H])c(-c2c([2H])c([2H])c([2H])c(-n3c4ccccc4c4cc(-c5ccc6c(c5)c5ccccc5n6-c5ccc(-c6ccccc6)cc5)ccc43)c2[2H])c([2H])c1[2H]. The van der Waals surface area contributed by atoms with Gasteiger partial charge in [-0.25, -0.2) is 0 Å². The Balaban J connectivity index is 1.15. The Hall–Kier alpha value is -6.64. The summed E-state index contributed by atoms with van der Waals surface area (Å²) in [6, 6.07) is 42.6. The molecule has 0 unspecified atom stereocenters. The van der Waals surface area contributed by atoms with E-state index in [1.165, 1.54) is 0 Å². The van der Waals surface area contributed by atoms with Crippen molar-refractivity contribution in [2.75, 3.05) is 0 Å². The summed E-state index contributed by atoms with van der Waals surface area (Å²) in [6.07, 6.45) is 0. The molecule has 0 aliphatic heterocycles. The summed E-state index contributed by atoms with van der Waals surface area (Å²) in [6.45, 7) is 0. The standard InChI is InChI=1S/C48H32N2/c1-3-12-33(13-4-1)35-22-26-39(27-23-35)49-45-20-9-7-18-41(45)43-31-37(24-28-47(43)49)38-25-29-48-44(32-38)42-19-8-10-21-46(42)50(48)40-17-11-16-36(30-40)34-14-5-2-6-15-34/h1-32H/i2D,5D,6D,11D,14D,15D,16D,17D,30D. The second-order valence-corrected chi connectivity index (χ2v) is 12.3. The minimum Gasteiger partial charge on any atom is -0.309 e. The van der Waals surface area contributed by atoms with Gasteiger partial charge in [0.2, 0.25) is 0 Å². The first-order valence-electron chi connectivity index (χ1n) is 21.0. The van der Waals surface area contributed by atoms with Crippen LogP contribution in [-0.2, 0) is 0 Å². The smallest absolute Gasteiger partial charge is 0.0651 e. The third-order valence-electron chi connectivity index (χ3n) is 9.50. The predicted molar refractivity (Wildman–Crippen MR) is 211 cm³/mol. The van der Waals surface area contributed by atoms with Crippen molar-refractivity contribution < 1.29 is 12.3 Å². The van der Waals surface area contributed by atoms with Crippen LogP contribution in [0.25, 0.3) is 88.4 Å². The second kappa shape index (κ2) is 11.5. The number of hydrogen-bond donors (Lipinski definition) is 0. The molecule has 0 fully saturated rings. The van der Waals surface area contributed by atoms with Gasteiger partial charge < -0.3 is 9.13 Å². The van der Waals surface area contributed by atoms with Crippen molar-refractivity contribution >= 4 is 43.6 Å². The van der Waals surface area contributed by atoms with Gasteiger partial charge in [0.1, 0.15) is 0 Å². The fraction of sp³-hybridized carbons (Fsp3) is 0. The summed E-state index contributed by atoms with van der Waals surface area (Å²) in [5.74, 6) is 0. The number of benzene rings is 8. The van der Waals surface area contributed by atoms with Crippen molar-refractivity contribution in [2.45, 2.75) is 0 Å². The normalized spacial score (nSPS) is 14.1. The Morgan fingerprint density at radius 1 is 0.320 bits per heavy atom. The van der Waals surface area contributed by atoms with Crippen molar-refractivity contribution in [3.63, 3.8) is 0 Å². The van der Waals surface area contributed by atoms with E-state index < -0.39 is 42.3 Å². The van der Waals surface area contributed by atoms with Crippen molar-refractivity contribution in [1.29, 1.82) is 0 Å². The number of nitrogens with zero attached hydrogens (tertiary/aromatic N) is 2. The zero-order valence-electron chi connectivity index (χ0n) is 35.7. The fourth-order valence-electron chi connectivity index (χ4n) is 7.20. The zero-order chi connectivity index (χ0) is 40.9. The Bertz CT molecular complexity index is 3340. The first kappa shape index (κ1) is 20.7. The molecule has 2 aromatic heterocycles. The second-order valence-electron chi connectivity index (χ2n) is 12.3. The fourth-order valence-corrected chi connectivity index (χ4v) is 7.20. The van der Waals surface area contributed by atoms with Crippen LogP contribution in [0.4, 0.5) is 0 Å². The topological polar surface area (TPSA) is 9.86 Å². The van der Waals surface area contributed by atoms with E-state index in [4.69, 9.17) is 11.0 Å². The third kappa shape index (κ3) is 4.57. The van der Waals surface area contributed by atoms with Crippen LogP contribution in [0.3, 0.4) is 0 Å². The average molecular weight is 646 g/mol. The minimum absolute atomic E-state index is 0.0159. The van der Waals surface area contributed by atoms with Gasteiger partial charge in [-0.1, -0.05) is 133 Å². The summed E-state index contributed by atoms with van der Waals surface area (Å²) in [7, 11) is 0. The lowest BCUT2D eigenvalue weighted by Gasteiger charge is -2.11. The Labute approximate surface area is 303 Å². The van der Waals surface area contributed by atoms with Gasteiger partial charge in [0, 0.05) is 32.9 Å². The molecular weight excluding hydrogens is 605 g/mol. The van der Waals surface area contributed by atoms with Crippen LogP contribution in [0, 0.1) is 0 Å². The molecule has 0 saturated heterocycles. The van der Waals surface area contributed by atoms with Crippen LogP contribution in [0.15, 0.2) is 194 Å². The van der Waals surface area contributed by atoms with Crippen LogP contribution in [-0.4, -0.2) is 9.13 Å². The molecule has 2 heterocycles. The number of aromatic nitrogens is 2. The lowest BCUT2D eigenvalue weighted by molar-refractivity contribution is 1.18. The molecule has 8 aromatic carbocycles. The molecule has 234 valence electrons. The molecule has 0 bridgehead atoms. The number of para-hydroxylation sites is 2. The largest absolute Gasteiger partial charge is 0.309 e. The van der Waals surface area contributed by atoms with Gasteiger partial charge in [0.15, 0.2) is 0 Å². The Morgan fingerprint density at radius 2 is 0.820 bits per heavy atom. The zero-order valence-corrected chi connectivity index (χ0v) is 26.7. The molecule has 2 nitrogen and oxygen atoms in total. The van der Waals surface area contributed by atoms with E-state index in [0.29, 0.717) is 11.0 Å². The first-order valence-corrected chi connectivity index (χ1v) is 16.5. The molecule has 0 atom stereocenters. The number of fused-ring (bicyclic) bond motifs is 6. The van der Waals surface area contributed by atoms with Gasteiger partial charge in [-0.2, -0.15) is 0 Å². The van der Waals surface area contributed by atoms with Crippen LogP contribution < -0.4 is 0 Å². The Morgan fingerprint density at radius 3 is 1.46 bits per heavy atom. The average Bonchev–Trinajstić information content (AvgIpc) is 3.78. The highest BCUT2D eigenvalue weighted by atomic mass is 15.0. The quantitative estimate of drug-likeness (QED) is 0.176. The molecule has 10 rings (SSSR count). The van der Waals surface area contributed by atoms with E-state index in [-0.39, 0.29) is 28.9 Å². The van der Waals surface area contributed by atoms with Crippen LogP contribution >= 0.6 is 0 Å². The summed E-state index contributed by atoms with van der Waals surface area (Å²) in [5, 5.41) is 3.90. The third-order valence-corrected chi connectivity index (χ3v) is 9.50. The van der Waals surface area contributed by atoms with E-state index in [0.717, 1.165) is 60.5 Å². The van der Waals surface area contributed by atoms with Gasteiger partial charge in [0.25, 0.3) is 0 Å². The lowest BCUT2D eigenvalue weighted by atomic mass is 10.0. The number of rotatable bonds is 5. The highest BCUT2D eigenvalue weighted by molar-refractivity contribution is 6.12. The van der Waals surface area contributed by atoms with Crippen LogP contribution in [0.5, 0.6) is 0 Å². The van der Waals surface area contributed by atoms with E-state index >= 15 is 0 Å². The molecule has 10 aromatic rings. The number of hydrogen-bond acceptors (Lipinski definition) is 0. The maximum Gasteiger partial charge on any atom is 0.0651 e. The van der Waals surface area contributed by atoms with Crippen molar-refractivity contribution in [2.24, 2.45) is 0 Å². The molecule has 0 spiro atoms. The predicted octanol–water partition coefficient (Wildman–Crippen LogP) is 12.9. The molecule has 0 aliphatic rings. The van der Waals surface area contributed by atoms with Crippen LogP contribution in [0.1, 0.15) is 12.3 Å². The maximum absolute atomic E-state index is 9.43. The lowest BCUT2D eigenvalue weighted by Crippen LogP contribution is -1.94. The van der Waals surface area contributed by atoms with Gasteiger partial charge in [-0.15, -0.1) is 0 Å². The summed E-state index contributed by atoms with van der Waals surface area (Å²) >= 11 is 0. The van der Waals surface area contributed by atoms with E-state index in [9.17, 15) is 1.37 Å². The van der Waals surface area contributed by atoms with Gasteiger partial charge in [-0.3, -0.25) is 0 Å². The molecule has 0 amide bonds. The van der Waals surface area contributed by atoms with Crippen molar-refractivity contribution in [1.82, 2.24) is 9.13 Å². The molecular formula is C48H32N2. The summed E-state index contributed by atoms with van der Waals surface area (Å²) in [4.78, 5) is 0. The van der Waals surface area contributed by atoms with Gasteiger partial charge >= 0.3 is 0 Å². The first-order chi connectivity index (χ1) is 28.5. The molecule has 0 N–H and O–H groups in total. The molecule has 2 heteroatoms. The van der Waals surface area contributed by atoms with E-state index in [2.05, 4.69) is 89.5 Å². The monoisotopic (exact) mass is 645 g/mol. The molecule has 0 saturated carbocycles. The molecule has 0 aliphatic carbocycles. The molecule has 50 heavy (non-hydrogen) atoms. The van der Waals surface area contributed by atoms with Crippen molar-refractivity contribution in [3.8, 4) is 44.8 Å². The summed E-state index contributed by atoms with van der Waals surface area (Å²) < 4.78 is 82.0. The minimum atomic E-state index is -0.604. The van der Waals surface area contributed by atoms with Gasteiger partial charge in [0.05, 0.1) is 34.4 Å².